The smallest absolute Gasteiger partial charge is 0.134 e. The second kappa shape index (κ2) is 10.5. The molecule has 0 aromatic carbocycles. The van der Waals surface area contributed by atoms with Crippen LogP contribution >= 0.6 is 0 Å². The van der Waals surface area contributed by atoms with Gasteiger partial charge in [0.2, 0.25) is 0 Å². The van der Waals surface area contributed by atoms with Gasteiger partial charge in [0, 0.05) is 13.1 Å². The Balaban J connectivity index is 3.66. The Bertz CT molecular complexity index is 434. The Morgan fingerprint density at radius 2 is 1.25 bits per heavy atom. The lowest BCUT2D eigenvalue weighted by atomic mass is 10.6. The van der Waals surface area contributed by atoms with Crippen molar-refractivity contribution in [2.45, 2.75) is 13.8 Å². The number of aliphatic hydroxyl groups excluding tert-OH is 2. The van der Waals surface area contributed by atoms with Gasteiger partial charge in [-0.15, -0.1) is 0 Å². The molecule has 0 radical (unpaired) electrons. The second-order valence-electron chi connectivity index (χ2n) is 3.58. The SMILES string of the molecule is CC=S(=O)(CO)OCNCCNCOS(=O)(=CC)CO. The number of nitrogens with one attached hydrogen (secondary N) is 2. The van der Waals surface area contributed by atoms with E-state index in [1.807, 2.05) is 0 Å². The van der Waals surface area contributed by atoms with Crippen molar-refractivity contribution in [3.05, 3.63) is 0 Å². The van der Waals surface area contributed by atoms with E-state index in [0.717, 1.165) is 0 Å². The number of rotatable bonds is 11. The van der Waals surface area contributed by atoms with Crippen LogP contribution in [0.3, 0.4) is 0 Å². The van der Waals surface area contributed by atoms with Crippen LogP contribution in [0.25, 0.3) is 0 Å². The molecule has 20 heavy (non-hydrogen) atoms. The Morgan fingerprint density at radius 3 is 1.50 bits per heavy atom. The lowest BCUT2D eigenvalue weighted by Crippen LogP contribution is -2.32. The Morgan fingerprint density at radius 1 is 0.900 bits per heavy atom. The van der Waals surface area contributed by atoms with Crippen LogP contribution in [0, 0.1) is 0 Å². The second-order valence-corrected chi connectivity index (χ2v) is 8.16. The van der Waals surface area contributed by atoms with E-state index in [9.17, 15) is 8.42 Å². The molecule has 0 saturated heterocycles. The van der Waals surface area contributed by atoms with Crippen molar-refractivity contribution < 1.29 is 27.0 Å². The zero-order valence-corrected chi connectivity index (χ0v) is 13.4. The van der Waals surface area contributed by atoms with E-state index < -0.39 is 31.5 Å². The first-order valence-electron chi connectivity index (χ1n) is 5.99. The van der Waals surface area contributed by atoms with E-state index in [0.29, 0.717) is 13.1 Å². The van der Waals surface area contributed by atoms with Crippen LogP contribution in [-0.4, -0.2) is 67.8 Å². The predicted octanol–water partition coefficient (Wildman–Crippen LogP) is -1.94. The van der Waals surface area contributed by atoms with Gasteiger partial charge in [0.25, 0.3) is 0 Å². The van der Waals surface area contributed by atoms with Crippen LogP contribution < -0.4 is 10.6 Å². The first kappa shape index (κ1) is 19.8. The van der Waals surface area contributed by atoms with Crippen LogP contribution in [0.1, 0.15) is 13.8 Å². The summed E-state index contributed by atoms with van der Waals surface area (Å²) in [5.74, 6) is -1.08. The van der Waals surface area contributed by atoms with E-state index >= 15 is 0 Å². The molecule has 0 fully saturated rings. The first-order valence-corrected chi connectivity index (χ1v) is 9.42. The molecule has 122 valence electrons. The molecule has 0 aliphatic rings. The molecular formula is C10H24N2O6S2. The molecule has 0 rings (SSSR count). The third kappa shape index (κ3) is 8.17. The molecule has 0 aromatic rings. The summed E-state index contributed by atoms with van der Waals surface area (Å²) in [4.78, 5) is 0. The molecule has 0 amide bonds. The third-order valence-corrected chi connectivity index (χ3v) is 5.47. The Labute approximate surface area is 120 Å². The van der Waals surface area contributed by atoms with Gasteiger partial charge in [-0.1, -0.05) is 0 Å². The standard InChI is InChI=1S/C10H24N2O6S2/c1-3-19(15,9-13)17-7-11-5-6-12-8-18-20(16,4-2)10-14/h3-4,11-14H,5-10H2,1-2H3. The molecule has 10 heteroatoms. The van der Waals surface area contributed by atoms with Crippen molar-refractivity contribution in [2.75, 3.05) is 38.4 Å². The molecule has 8 nitrogen and oxygen atoms in total. The monoisotopic (exact) mass is 332 g/mol. The van der Waals surface area contributed by atoms with Crippen molar-refractivity contribution in [1.82, 2.24) is 10.6 Å². The van der Waals surface area contributed by atoms with Crippen LogP contribution in [-0.2, 0) is 28.0 Å². The minimum absolute atomic E-state index is 0.0440. The van der Waals surface area contributed by atoms with Crippen LogP contribution in [0.2, 0.25) is 0 Å². The maximum absolute atomic E-state index is 11.6. The number of hydrogen-bond acceptors (Lipinski definition) is 8. The maximum atomic E-state index is 11.6. The molecule has 4 N–H and O–H groups in total. The number of aliphatic hydroxyl groups is 2. The van der Waals surface area contributed by atoms with Gasteiger partial charge in [0.1, 0.15) is 44.9 Å². The van der Waals surface area contributed by atoms with Crippen molar-refractivity contribution in [3.63, 3.8) is 0 Å². The minimum atomic E-state index is -2.74. The predicted molar refractivity (Wildman–Crippen MR) is 81.8 cm³/mol. The van der Waals surface area contributed by atoms with E-state index in [4.69, 9.17) is 18.6 Å². The van der Waals surface area contributed by atoms with Crippen LogP contribution in [0.5, 0.6) is 0 Å². The van der Waals surface area contributed by atoms with Gasteiger partial charge in [-0.3, -0.25) is 19.0 Å². The lowest BCUT2D eigenvalue weighted by molar-refractivity contribution is 0.268. The number of hydrogen-bond donors (Lipinski definition) is 4. The Hall–Kier alpha value is -0.200. The van der Waals surface area contributed by atoms with Gasteiger partial charge in [-0.05, 0) is 24.6 Å². The average molecular weight is 332 g/mol. The van der Waals surface area contributed by atoms with E-state index in [-0.39, 0.29) is 13.5 Å². The van der Waals surface area contributed by atoms with E-state index in [1.165, 1.54) is 10.7 Å². The zero-order chi connectivity index (χ0) is 15.5. The molecule has 0 bridgehead atoms. The fourth-order valence-corrected chi connectivity index (χ4v) is 2.25. The van der Waals surface area contributed by atoms with Gasteiger partial charge < -0.3 is 10.2 Å². The highest BCUT2D eigenvalue weighted by Gasteiger charge is 2.04. The summed E-state index contributed by atoms with van der Waals surface area (Å²) < 4.78 is 33.1. The van der Waals surface area contributed by atoms with Crippen molar-refractivity contribution >= 4 is 30.3 Å². The largest absolute Gasteiger partial charge is 0.381 e. The molecular weight excluding hydrogens is 308 g/mol. The van der Waals surface area contributed by atoms with Gasteiger partial charge >= 0.3 is 0 Å². The molecule has 0 aliphatic heterocycles. The molecule has 0 saturated carbocycles. The Kier molecular flexibility index (Phi) is 10.4. The van der Waals surface area contributed by atoms with E-state index in [2.05, 4.69) is 10.6 Å². The maximum Gasteiger partial charge on any atom is 0.134 e. The summed E-state index contributed by atoms with van der Waals surface area (Å²) in [7, 11) is -5.47. The van der Waals surface area contributed by atoms with Gasteiger partial charge in [-0.2, -0.15) is 0 Å². The van der Waals surface area contributed by atoms with Gasteiger partial charge in [0.05, 0.1) is 0 Å². The summed E-state index contributed by atoms with van der Waals surface area (Å²) in [6.07, 6.45) is 0. The quantitative estimate of drug-likeness (QED) is 0.196. The summed E-state index contributed by atoms with van der Waals surface area (Å²) in [5, 5.41) is 26.1. The summed E-state index contributed by atoms with van der Waals surface area (Å²) in [6.45, 7) is 4.21. The highest BCUT2D eigenvalue weighted by atomic mass is 32.2. The highest BCUT2D eigenvalue weighted by molar-refractivity contribution is 7.97. The third-order valence-electron chi connectivity index (χ3n) is 2.28. The van der Waals surface area contributed by atoms with Crippen LogP contribution in [0.4, 0.5) is 0 Å². The van der Waals surface area contributed by atoms with Crippen molar-refractivity contribution in [2.24, 2.45) is 0 Å². The molecule has 0 aliphatic carbocycles. The summed E-state index contributed by atoms with van der Waals surface area (Å²) in [5.41, 5.74) is 0. The van der Waals surface area contributed by atoms with Crippen molar-refractivity contribution in [1.29, 1.82) is 0 Å². The molecule has 0 heterocycles. The topological polar surface area (TPSA) is 117 Å². The first-order chi connectivity index (χ1) is 9.45. The van der Waals surface area contributed by atoms with Crippen LogP contribution in [0.15, 0.2) is 0 Å². The normalized spacial score (nSPS) is 17.2. The van der Waals surface area contributed by atoms with Crippen molar-refractivity contribution in [3.8, 4) is 0 Å². The molecule has 0 aromatic heterocycles. The summed E-state index contributed by atoms with van der Waals surface area (Å²) in [6, 6.07) is 0. The fourth-order valence-electron chi connectivity index (χ4n) is 0.964. The van der Waals surface area contributed by atoms with E-state index in [1.54, 1.807) is 13.8 Å². The highest BCUT2D eigenvalue weighted by Crippen LogP contribution is 1.91. The van der Waals surface area contributed by atoms with Gasteiger partial charge in [-0.25, -0.2) is 8.42 Å². The minimum Gasteiger partial charge on any atom is -0.381 e. The molecule has 2 unspecified atom stereocenters. The molecule has 0 spiro atoms. The molecule has 2 atom stereocenters. The summed E-state index contributed by atoms with van der Waals surface area (Å²) >= 11 is 0. The zero-order valence-electron chi connectivity index (χ0n) is 11.7. The fraction of sp³-hybridized carbons (Fsp3) is 0.800. The lowest BCUT2D eigenvalue weighted by Gasteiger charge is -2.11. The van der Waals surface area contributed by atoms with Gasteiger partial charge in [0.15, 0.2) is 0 Å². The average Bonchev–Trinajstić information content (AvgIpc) is 2.49.